The quantitative estimate of drug-likeness (QED) is 0.384. The van der Waals surface area contributed by atoms with E-state index in [0.717, 1.165) is 89.1 Å². The molecule has 2 fully saturated rings. The molecule has 0 amide bonds. The van der Waals surface area contributed by atoms with Gasteiger partial charge in [-0.15, -0.1) is 22.7 Å². The van der Waals surface area contributed by atoms with Crippen LogP contribution in [0.25, 0.3) is 29.8 Å². The van der Waals surface area contributed by atoms with Crippen LogP contribution < -0.4 is 19.6 Å². The average molecular weight is 533 g/mol. The predicted octanol–water partition coefficient (Wildman–Crippen LogP) is 4.09. The molecule has 0 aliphatic carbocycles. The van der Waals surface area contributed by atoms with Gasteiger partial charge in [0.1, 0.15) is 0 Å². The summed E-state index contributed by atoms with van der Waals surface area (Å²) < 4.78 is 3.63. The van der Waals surface area contributed by atoms with Gasteiger partial charge in [0, 0.05) is 77.4 Å². The number of rotatable bonds is 4. The van der Waals surface area contributed by atoms with Crippen LogP contribution in [0.5, 0.6) is 0 Å². The third kappa shape index (κ3) is 3.82. The first kappa shape index (κ1) is 22.7. The number of nitrogens with zero attached hydrogens (tertiary/aromatic N) is 8. The van der Waals surface area contributed by atoms with E-state index in [2.05, 4.69) is 9.80 Å². The zero-order valence-corrected chi connectivity index (χ0v) is 23.1. The second-order valence-electron chi connectivity index (χ2n) is 8.90. The molecule has 0 N–H and O–H groups in total. The summed E-state index contributed by atoms with van der Waals surface area (Å²) in [5.74, 6) is 8.23. The van der Waals surface area contributed by atoms with Crippen molar-refractivity contribution in [3.05, 3.63) is 0 Å². The normalized spacial score (nSPS) is 17.3. The van der Waals surface area contributed by atoms with Crippen molar-refractivity contribution < 1.29 is 0 Å². The molecule has 0 atom stereocenters. The Hall–Kier alpha value is -1.76. The van der Waals surface area contributed by atoms with Crippen LogP contribution in [-0.4, -0.2) is 97.3 Å². The lowest BCUT2D eigenvalue weighted by atomic mass is 10.2. The van der Waals surface area contributed by atoms with Crippen molar-refractivity contribution in [2.24, 2.45) is 0 Å². The molecular formula is C22H28N8S4. The van der Waals surface area contributed by atoms with Gasteiger partial charge in [0.05, 0.1) is 29.8 Å². The first-order chi connectivity index (χ1) is 16.5. The van der Waals surface area contributed by atoms with Crippen LogP contribution in [0.3, 0.4) is 0 Å². The molecule has 0 bridgehead atoms. The smallest absolute Gasteiger partial charge is 0.227 e. The van der Waals surface area contributed by atoms with Gasteiger partial charge in [0.15, 0.2) is 11.6 Å². The molecule has 4 aromatic heterocycles. The molecule has 12 heteroatoms. The van der Waals surface area contributed by atoms with E-state index in [1.165, 1.54) is 13.4 Å². The maximum absolute atomic E-state index is 5.07. The molecule has 0 saturated carbocycles. The fourth-order valence-corrected chi connectivity index (χ4v) is 8.83. The molecule has 0 unspecified atom stereocenters. The fraction of sp³-hybridized carbons (Fsp3) is 0.545. The Labute approximate surface area is 215 Å². The summed E-state index contributed by atoms with van der Waals surface area (Å²) in [6, 6.07) is 0. The highest BCUT2D eigenvalue weighted by atomic mass is 32.2. The van der Waals surface area contributed by atoms with Crippen LogP contribution in [0.1, 0.15) is 0 Å². The molecule has 0 aromatic carbocycles. The van der Waals surface area contributed by atoms with E-state index < -0.39 is 0 Å². The van der Waals surface area contributed by atoms with Gasteiger partial charge in [-0.3, -0.25) is 0 Å². The Morgan fingerprint density at radius 2 is 1.03 bits per heavy atom. The Morgan fingerprint density at radius 3 is 1.41 bits per heavy atom. The first-order valence-electron chi connectivity index (χ1n) is 11.5. The molecule has 2 saturated heterocycles. The monoisotopic (exact) mass is 532 g/mol. The zero-order chi connectivity index (χ0) is 23.4. The number of aromatic nitrogens is 4. The Kier molecular flexibility index (Phi) is 6.03. The van der Waals surface area contributed by atoms with Gasteiger partial charge < -0.3 is 19.6 Å². The van der Waals surface area contributed by atoms with Crippen molar-refractivity contribution >= 4 is 99.6 Å². The minimum Gasteiger partial charge on any atom is -0.354 e. The van der Waals surface area contributed by atoms with E-state index in [1.807, 2.05) is 84.2 Å². The van der Waals surface area contributed by atoms with Gasteiger partial charge in [-0.1, -0.05) is 0 Å². The number of hydrogen-bond acceptors (Lipinski definition) is 12. The lowest BCUT2D eigenvalue weighted by Crippen LogP contribution is -2.33. The van der Waals surface area contributed by atoms with Crippen molar-refractivity contribution in [3.63, 3.8) is 0 Å². The van der Waals surface area contributed by atoms with Crippen molar-refractivity contribution in [1.82, 2.24) is 19.9 Å². The number of thiophene rings is 2. The molecule has 0 radical (unpaired) electrons. The zero-order valence-electron chi connectivity index (χ0n) is 19.9. The summed E-state index contributed by atoms with van der Waals surface area (Å²) in [6.07, 6.45) is 0. The molecule has 6 heterocycles. The maximum Gasteiger partial charge on any atom is 0.227 e. The molecule has 4 aromatic rings. The highest BCUT2D eigenvalue weighted by Gasteiger charge is 2.27. The molecule has 8 nitrogen and oxygen atoms in total. The van der Waals surface area contributed by atoms with E-state index >= 15 is 0 Å². The van der Waals surface area contributed by atoms with Crippen molar-refractivity contribution in [2.45, 2.75) is 0 Å². The molecule has 6 rings (SSSR count). The second-order valence-corrected chi connectivity index (χ2v) is 13.7. The maximum atomic E-state index is 5.07. The van der Waals surface area contributed by atoms with E-state index in [4.69, 9.17) is 19.9 Å². The van der Waals surface area contributed by atoms with Gasteiger partial charge >= 0.3 is 0 Å². The average Bonchev–Trinajstić information content (AvgIpc) is 3.40. The van der Waals surface area contributed by atoms with E-state index in [-0.39, 0.29) is 0 Å². The summed E-state index contributed by atoms with van der Waals surface area (Å²) in [5, 5.41) is 1.16. The summed E-state index contributed by atoms with van der Waals surface area (Å²) in [6.45, 7) is 4.11. The largest absolute Gasteiger partial charge is 0.354 e. The number of anilines is 4. The number of thioether (sulfide) groups is 2. The van der Waals surface area contributed by atoms with Gasteiger partial charge in [0.2, 0.25) is 11.9 Å². The third-order valence-electron chi connectivity index (χ3n) is 6.16. The van der Waals surface area contributed by atoms with Gasteiger partial charge in [-0.25, -0.2) is 9.97 Å². The summed E-state index contributed by atoms with van der Waals surface area (Å²) in [4.78, 5) is 29.1. The first-order valence-corrected chi connectivity index (χ1v) is 15.4. The summed E-state index contributed by atoms with van der Waals surface area (Å²) in [7, 11) is 8.08. The van der Waals surface area contributed by atoms with Crippen LogP contribution in [-0.2, 0) is 0 Å². The highest BCUT2D eigenvalue weighted by molar-refractivity contribution is 7.99. The Balaban J connectivity index is 1.63. The number of fused-ring (bicyclic) bond motifs is 5. The standard InChI is InChI=1S/C22H28N8S4/c1-27(2)21-23-14-13-15-17(19(26-22(24-15)28(3)4)30-7-11-32-12-8-30)34-20(13)33-16(14)18(25-21)29-5-9-31-10-6-29/h5-12H2,1-4H3. The summed E-state index contributed by atoms with van der Waals surface area (Å²) in [5.41, 5.74) is 2.06. The van der Waals surface area contributed by atoms with Gasteiger partial charge in [-0.2, -0.15) is 33.5 Å². The predicted molar refractivity (Wildman–Crippen MR) is 154 cm³/mol. The molecule has 180 valence electrons. The summed E-state index contributed by atoms with van der Waals surface area (Å²) >= 11 is 7.68. The van der Waals surface area contributed by atoms with Gasteiger partial charge in [0.25, 0.3) is 0 Å². The molecule has 0 spiro atoms. The molecule has 2 aliphatic heterocycles. The lowest BCUT2D eigenvalue weighted by Gasteiger charge is -2.28. The third-order valence-corrected chi connectivity index (χ3v) is 10.5. The number of hydrogen-bond donors (Lipinski definition) is 0. The van der Waals surface area contributed by atoms with E-state index in [0.29, 0.717) is 0 Å². The van der Waals surface area contributed by atoms with E-state index in [9.17, 15) is 0 Å². The topological polar surface area (TPSA) is 64.5 Å². The highest BCUT2D eigenvalue weighted by Crippen LogP contribution is 2.48. The van der Waals surface area contributed by atoms with Crippen LogP contribution in [0.15, 0.2) is 0 Å². The van der Waals surface area contributed by atoms with Crippen LogP contribution in [0.2, 0.25) is 0 Å². The van der Waals surface area contributed by atoms with Gasteiger partial charge in [-0.05, 0) is 0 Å². The SMILES string of the molecule is CN(C)c1nc(N2CCSCC2)c2sc3sc4c(N5CCSCC5)nc(N(C)C)nc4c3c2n1. The van der Waals surface area contributed by atoms with Crippen LogP contribution >= 0.6 is 46.2 Å². The second kappa shape index (κ2) is 9.03. The van der Waals surface area contributed by atoms with Crippen LogP contribution in [0, 0.1) is 0 Å². The minimum absolute atomic E-state index is 0.759. The molecular weight excluding hydrogens is 505 g/mol. The van der Waals surface area contributed by atoms with Crippen LogP contribution in [0.4, 0.5) is 23.5 Å². The van der Waals surface area contributed by atoms with Crippen molar-refractivity contribution in [3.8, 4) is 0 Å². The fourth-order valence-electron chi connectivity index (χ4n) is 4.37. The molecule has 2 aliphatic rings. The van der Waals surface area contributed by atoms with Crippen molar-refractivity contribution in [1.29, 1.82) is 0 Å². The Morgan fingerprint density at radius 1 is 0.618 bits per heavy atom. The lowest BCUT2D eigenvalue weighted by molar-refractivity contribution is 0.839. The molecule has 34 heavy (non-hydrogen) atoms. The van der Waals surface area contributed by atoms with Crippen molar-refractivity contribution in [2.75, 3.05) is 97.0 Å². The minimum atomic E-state index is 0.759. The van der Waals surface area contributed by atoms with E-state index in [1.54, 1.807) is 0 Å². The Bertz CT molecular complexity index is 1250.